The number of nitrogens with zero attached hydrogens (tertiary/aromatic N) is 4. The lowest BCUT2D eigenvalue weighted by Gasteiger charge is -2.21. The van der Waals surface area contributed by atoms with E-state index in [0.29, 0.717) is 5.92 Å². The molecular formula is C24H26ClF3N4S. The van der Waals surface area contributed by atoms with Gasteiger partial charge >= 0.3 is 6.18 Å². The average Bonchev–Trinajstić information content (AvgIpc) is 3.16. The van der Waals surface area contributed by atoms with Crippen molar-refractivity contribution in [1.29, 1.82) is 0 Å². The van der Waals surface area contributed by atoms with Gasteiger partial charge in [-0.05, 0) is 43.0 Å². The van der Waals surface area contributed by atoms with Crippen molar-refractivity contribution in [1.82, 2.24) is 19.7 Å². The van der Waals surface area contributed by atoms with E-state index in [2.05, 4.69) is 15.1 Å². The quantitative estimate of drug-likeness (QED) is 0.312. The van der Waals surface area contributed by atoms with E-state index in [-0.39, 0.29) is 17.8 Å². The monoisotopic (exact) mass is 494 g/mol. The van der Waals surface area contributed by atoms with Gasteiger partial charge in [-0.3, -0.25) is 0 Å². The standard InChI is InChI=1S/C24H25F3N4S.ClH/c1-30-21(17-6-3-2-4-7-17)28-29-22(30)32-13-5-12-31-15-20-14-23(20,16-31)18-8-10-19(11-9-18)24(25,26)27;/h2-4,6-11,20H,5,12-16H2,1H3;1H/t20-,23+;/m0./s1. The van der Waals surface area contributed by atoms with Crippen LogP contribution in [0.3, 0.4) is 0 Å². The smallest absolute Gasteiger partial charge is 0.305 e. The second kappa shape index (κ2) is 9.31. The lowest BCUT2D eigenvalue weighted by atomic mass is 9.94. The number of hydrogen-bond donors (Lipinski definition) is 0. The summed E-state index contributed by atoms with van der Waals surface area (Å²) in [7, 11) is 1.99. The molecule has 1 saturated carbocycles. The number of piperidine rings is 1. The fourth-order valence-corrected chi connectivity index (χ4v) is 5.76. The van der Waals surface area contributed by atoms with Crippen LogP contribution in [-0.4, -0.2) is 45.1 Å². The van der Waals surface area contributed by atoms with Gasteiger partial charge in [0.1, 0.15) is 0 Å². The fraction of sp³-hybridized carbons (Fsp3) is 0.417. The molecule has 1 aliphatic heterocycles. The highest BCUT2D eigenvalue weighted by Gasteiger charge is 2.60. The van der Waals surface area contributed by atoms with Crippen LogP contribution < -0.4 is 0 Å². The highest BCUT2D eigenvalue weighted by atomic mass is 35.5. The van der Waals surface area contributed by atoms with Gasteiger partial charge in [0.15, 0.2) is 11.0 Å². The van der Waals surface area contributed by atoms with Gasteiger partial charge in [0.2, 0.25) is 0 Å². The predicted molar refractivity (Wildman–Crippen MR) is 127 cm³/mol. The van der Waals surface area contributed by atoms with Gasteiger partial charge in [-0.15, -0.1) is 22.6 Å². The van der Waals surface area contributed by atoms with Gasteiger partial charge < -0.3 is 9.47 Å². The molecule has 0 N–H and O–H groups in total. The van der Waals surface area contributed by atoms with E-state index in [1.165, 1.54) is 12.1 Å². The number of rotatable bonds is 7. The Bertz CT molecular complexity index is 1090. The number of alkyl halides is 3. The molecule has 4 nitrogen and oxygen atoms in total. The van der Waals surface area contributed by atoms with Crippen molar-refractivity contribution >= 4 is 24.2 Å². The molecule has 9 heteroatoms. The molecule has 0 bridgehead atoms. The zero-order chi connectivity index (χ0) is 22.3. The maximum atomic E-state index is 12.9. The molecule has 0 spiro atoms. The van der Waals surface area contributed by atoms with E-state index in [4.69, 9.17) is 0 Å². The van der Waals surface area contributed by atoms with Crippen LogP contribution in [0.1, 0.15) is 24.0 Å². The first-order chi connectivity index (χ1) is 15.4. The molecule has 2 fully saturated rings. The van der Waals surface area contributed by atoms with E-state index < -0.39 is 11.7 Å². The van der Waals surface area contributed by atoms with Crippen LogP contribution in [0.25, 0.3) is 11.4 Å². The number of fused-ring (bicyclic) bond motifs is 1. The van der Waals surface area contributed by atoms with Crippen LogP contribution in [0, 0.1) is 5.92 Å². The first-order valence-electron chi connectivity index (χ1n) is 10.8. The Morgan fingerprint density at radius 3 is 2.48 bits per heavy atom. The first-order valence-corrected chi connectivity index (χ1v) is 11.8. The van der Waals surface area contributed by atoms with Gasteiger partial charge in [0, 0.05) is 36.9 Å². The molecule has 5 rings (SSSR count). The Morgan fingerprint density at radius 1 is 1.06 bits per heavy atom. The van der Waals surface area contributed by atoms with Crippen LogP contribution in [0.2, 0.25) is 0 Å². The summed E-state index contributed by atoms with van der Waals surface area (Å²) < 4.78 is 40.6. The normalized spacial score (nSPS) is 22.1. The van der Waals surface area contributed by atoms with Crippen molar-refractivity contribution in [2.24, 2.45) is 13.0 Å². The number of likely N-dealkylation sites (tertiary alicyclic amines) is 1. The molecule has 2 aliphatic rings. The SMILES string of the molecule is Cl.Cn1c(SCCCN2C[C@@H]3C[C@]3(c3ccc(C(F)(F)F)cc3)C2)nnc1-c1ccccc1. The summed E-state index contributed by atoms with van der Waals surface area (Å²) in [5, 5.41) is 9.58. The Kier molecular flexibility index (Phi) is 6.80. The van der Waals surface area contributed by atoms with Gasteiger partial charge in [-0.25, -0.2) is 0 Å². The molecule has 33 heavy (non-hydrogen) atoms. The predicted octanol–water partition coefficient (Wildman–Crippen LogP) is 5.68. The first kappa shape index (κ1) is 24.1. The molecule has 2 atom stereocenters. The third kappa shape index (κ3) is 4.79. The van der Waals surface area contributed by atoms with Crippen molar-refractivity contribution in [2.75, 3.05) is 25.4 Å². The maximum Gasteiger partial charge on any atom is 0.416 e. The number of halogens is 4. The molecule has 2 heterocycles. The van der Waals surface area contributed by atoms with Crippen LogP contribution in [0.5, 0.6) is 0 Å². The second-order valence-electron chi connectivity index (χ2n) is 8.80. The summed E-state index contributed by atoms with van der Waals surface area (Å²) in [4.78, 5) is 2.46. The highest BCUT2D eigenvalue weighted by Crippen LogP contribution is 2.59. The van der Waals surface area contributed by atoms with Crippen LogP contribution in [0.15, 0.2) is 59.8 Å². The molecular weight excluding hydrogens is 469 g/mol. The minimum atomic E-state index is -4.27. The summed E-state index contributed by atoms with van der Waals surface area (Å²) >= 11 is 1.71. The summed E-state index contributed by atoms with van der Waals surface area (Å²) in [6.45, 7) is 2.97. The van der Waals surface area contributed by atoms with Crippen molar-refractivity contribution in [3.63, 3.8) is 0 Å². The summed E-state index contributed by atoms with van der Waals surface area (Å²) in [5.74, 6) is 2.39. The van der Waals surface area contributed by atoms with Gasteiger partial charge in [0.05, 0.1) is 5.56 Å². The van der Waals surface area contributed by atoms with E-state index in [1.54, 1.807) is 23.9 Å². The molecule has 176 valence electrons. The third-order valence-corrected chi connectivity index (χ3v) is 7.83. The summed E-state index contributed by atoms with van der Waals surface area (Å²) in [6, 6.07) is 15.9. The zero-order valence-electron chi connectivity index (χ0n) is 18.3. The van der Waals surface area contributed by atoms with Crippen LogP contribution in [0.4, 0.5) is 13.2 Å². The largest absolute Gasteiger partial charge is 0.416 e. The van der Waals surface area contributed by atoms with Crippen molar-refractivity contribution in [3.05, 3.63) is 65.7 Å². The lowest BCUT2D eigenvalue weighted by Crippen LogP contribution is -2.28. The average molecular weight is 495 g/mol. The van der Waals surface area contributed by atoms with E-state index >= 15 is 0 Å². The van der Waals surface area contributed by atoms with E-state index in [1.807, 2.05) is 41.9 Å². The van der Waals surface area contributed by atoms with Crippen molar-refractivity contribution < 1.29 is 13.2 Å². The lowest BCUT2D eigenvalue weighted by molar-refractivity contribution is -0.137. The minimum absolute atomic E-state index is 0. The van der Waals surface area contributed by atoms with E-state index in [9.17, 15) is 13.2 Å². The van der Waals surface area contributed by atoms with Gasteiger partial charge in [0.25, 0.3) is 0 Å². The molecule has 0 unspecified atom stereocenters. The number of benzene rings is 2. The Morgan fingerprint density at radius 2 is 1.79 bits per heavy atom. The van der Waals surface area contributed by atoms with Crippen LogP contribution in [-0.2, 0) is 18.6 Å². The minimum Gasteiger partial charge on any atom is -0.305 e. The Hall–Kier alpha value is -2.03. The summed E-state index contributed by atoms with van der Waals surface area (Å²) in [5.41, 5.74) is 1.60. The molecule has 2 aromatic carbocycles. The van der Waals surface area contributed by atoms with Gasteiger partial charge in [-0.2, -0.15) is 13.2 Å². The third-order valence-electron chi connectivity index (χ3n) is 6.72. The number of thioether (sulfide) groups is 1. The van der Waals surface area contributed by atoms with Gasteiger partial charge in [-0.1, -0.05) is 54.2 Å². The molecule has 0 radical (unpaired) electrons. The topological polar surface area (TPSA) is 34.0 Å². The second-order valence-corrected chi connectivity index (χ2v) is 9.86. The number of hydrogen-bond acceptors (Lipinski definition) is 4. The molecule has 3 aromatic rings. The molecule has 1 aliphatic carbocycles. The number of aromatic nitrogens is 3. The fourth-order valence-electron chi connectivity index (χ4n) is 4.93. The van der Waals surface area contributed by atoms with E-state index in [0.717, 1.165) is 60.3 Å². The Labute approximate surface area is 202 Å². The summed E-state index contributed by atoms with van der Waals surface area (Å²) in [6.07, 6.45) is -2.15. The van der Waals surface area contributed by atoms with Crippen molar-refractivity contribution in [3.8, 4) is 11.4 Å². The van der Waals surface area contributed by atoms with Crippen LogP contribution >= 0.6 is 24.2 Å². The highest BCUT2D eigenvalue weighted by molar-refractivity contribution is 7.99. The molecule has 1 saturated heterocycles. The molecule has 1 aromatic heterocycles. The van der Waals surface area contributed by atoms with Crippen molar-refractivity contribution in [2.45, 2.75) is 29.6 Å². The Balaban J connectivity index is 0.00000259. The molecule has 0 amide bonds. The maximum absolute atomic E-state index is 12.9. The zero-order valence-corrected chi connectivity index (χ0v) is 19.9.